The molecule has 2 aliphatic rings. The van der Waals surface area contributed by atoms with Crippen LogP contribution in [0.5, 0.6) is 0 Å². The highest BCUT2D eigenvalue weighted by Crippen LogP contribution is 2.42. The van der Waals surface area contributed by atoms with Gasteiger partial charge in [-0.05, 0) is 50.1 Å². The van der Waals surface area contributed by atoms with Gasteiger partial charge in [0.05, 0.1) is 16.6 Å². The smallest absolute Gasteiger partial charge is 0.380 e. The molecule has 0 aliphatic carbocycles. The summed E-state index contributed by atoms with van der Waals surface area (Å²) in [6.07, 6.45) is -4.25. The minimum absolute atomic E-state index is 0.00375. The van der Waals surface area contributed by atoms with Crippen LogP contribution in [0.4, 0.5) is 18.9 Å². The van der Waals surface area contributed by atoms with Crippen LogP contribution in [0, 0.1) is 0 Å². The van der Waals surface area contributed by atoms with Crippen LogP contribution in [0.15, 0.2) is 42.5 Å². The Labute approximate surface area is 235 Å². The number of halogens is 5. The maximum atomic E-state index is 14.1. The van der Waals surface area contributed by atoms with Gasteiger partial charge in [-0.2, -0.15) is 13.2 Å². The van der Waals surface area contributed by atoms with Gasteiger partial charge < -0.3 is 20.2 Å². The van der Waals surface area contributed by atoms with E-state index < -0.39 is 29.3 Å². The van der Waals surface area contributed by atoms with E-state index in [2.05, 4.69) is 10.2 Å². The number of anilines is 1. The Morgan fingerprint density at radius 1 is 1.10 bits per heavy atom. The molecule has 4 rings (SSSR count). The molecule has 39 heavy (non-hydrogen) atoms. The van der Waals surface area contributed by atoms with Gasteiger partial charge in [-0.25, -0.2) is 0 Å². The van der Waals surface area contributed by atoms with Crippen molar-refractivity contribution in [1.29, 1.82) is 0 Å². The fourth-order valence-electron chi connectivity index (χ4n) is 5.27. The average Bonchev–Trinajstić information content (AvgIpc) is 2.84. The van der Waals surface area contributed by atoms with Gasteiger partial charge in [0.15, 0.2) is 0 Å². The van der Waals surface area contributed by atoms with Gasteiger partial charge in [-0.1, -0.05) is 35.3 Å². The number of carbonyl (C=O) groups is 2. The van der Waals surface area contributed by atoms with E-state index in [1.165, 1.54) is 17.0 Å². The number of nitrogens with one attached hydrogen (secondary N) is 1. The highest BCUT2D eigenvalue weighted by Gasteiger charge is 2.62. The Kier molecular flexibility index (Phi) is 8.42. The number of piperidine rings is 1. The molecule has 0 bridgehead atoms. The number of aliphatic hydroxyl groups is 1. The highest BCUT2D eigenvalue weighted by atomic mass is 35.5. The Balaban J connectivity index is 1.36. The number of carbonyl (C=O) groups excluding carboxylic acids is 2. The molecule has 2 amide bonds. The molecule has 2 aromatic rings. The van der Waals surface area contributed by atoms with Crippen molar-refractivity contribution in [3.8, 4) is 0 Å². The third-order valence-corrected chi connectivity index (χ3v) is 8.02. The molecule has 2 aromatic carbocycles. The molecule has 0 saturated carbocycles. The van der Waals surface area contributed by atoms with Gasteiger partial charge in [0.1, 0.15) is 0 Å². The summed E-state index contributed by atoms with van der Waals surface area (Å²) in [7, 11) is 3.32. The van der Waals surface area contributed by atoms with Gasteiger partial charge >= 0.3 is 6.18 Å². The first-order valence-electron chi connectivity index (χ1n) is 12.6. The molecule has 3 atom stereocenters. The van der Waals surface area contributed by atoms with Gasteiger partial charge in [0.25, 0.3) is 17.4 Å². The molecule has 2 aliphatic heterocycles. The molecule has 0 spiro atoms. The number of hydrogen-bond donors (Lipinski definition) is 2. The average molecular weight is 587 g/mol. The normalized spacial score (nSPS) is 22.1. The van der Waals surface area contributed by atoms with E-state index in [0.717, 1.165) is 35.8 Å². The minimum atomic E-state index is -5.22. The van der Waals surface area contributed by atoms with Gasteiger partial charge in [-0.3, -0.25) is 14.5 Å². The lowest BCUT2D eigenvalue weighted by Gasteiger charge is -2.50. The molecule has 2 heterocycles. The third-order valence-electron chi connectivity index (χ3n) is 7.47. The Hall–Kier alpha value is -2.53. The molecule has 3 unspecified atom stereocenters. The van der Waals surface area contributed by atoms with E-state index >= 15 is 0 Å². The maximum absolute atomic E-state index is 14.1. The second-order valence-corrected chi connectivity index (χ2v) is 11.3. The van der Waals surface area contributed by atoms with Crippen molar-refractivity contribution in [3.05, 3.63) is 63.6 Å². The van der Waals surface area contributed by atoms with Crippen LogP contribution < -0.4 is 5.32 Å². The van der Waals surface area contributed by atoms with Crippen molar-refractivity contribution < 1.29 is 27.9 Å². The zero-order valence-corrected chi connectivity index (χ0v) is 23.3. The lowest BCUT2D eigenvalue weighted by molar-refractivity contribution is -0.263. The number of nitrogens with zero attached hydrogens (tertiary/aromatic N) is 3. The van der Waals surface area contributed by atoms with Crippen molar-refractivity contribution in [2.24, 2.45) is 0 Å². The summed E-state index contributed by atoms with van der Waals surface area (Å²) < 4.78 is 42.3. The molecule has 2 N–H and O–H groups in total. The summed E-state index contributed by atoms with van der Waals surface area (Å²) in [5, 5.41) is 14.5. The van der Waals surface area contributed by atoms with Crippen LogP contribution in [0.25, 0.3) is 0 Å². The minimum Gasteiger partial charge on any atom is -0.380 e. The predicted molar refractivity (Wildman–Crippen MR) is 144 cm³/mol. The number of rotatable bonds is 6. The van der Waals surface area contributed by atoms with E-state index in [1.54, 1.807) is 39.2 Å². The lowest BCUT2D eigenvalue weighted by atomic mass is 9.87. The number of amides is 2. The number of hydrogen-bond acceptors (Lipinski definition) is 5. The fraction of sp³-hybridized carbons (Fsp3) is 0.481. The molecule has 2 saturated heterocycles. The summed E-state index contributed by atoms with van der Waals surface area (Å²) in [4.78, 5) is 30.2. The van der Waals surface area contributed by atoms with Crippen LogP contribution in [0.2, 0.25) is 10.0 Å². The molecule has 7 nitrogen and oxygen atoms in total. The first-order chi connectivity index (χ1) is 18.2. The van der Waals surface area contributed by atoms with Crippen LogP contribution in [0.1, 0.15) is 35.7 Å². The SMILES string of the molecule is CC1CC(N2CC(Nc3ccc(C(=O)N(C)C)c(Cl)c3)C2)CCN1C(=O)C(O)(c1cccc(Cl)c1)C(F)(F)F. The first kappa shape index (κ1) is 29.5. The Bertz CT molecular complexity index is 1240. The fourth-order valence-corrected chi connectivity index (χ4v) is 5.72. The third kappa shape index (κ3) is 5.84. The summed E-state index contributed by atoms with van der Waals surface area (Å²) in [5.74, 6) is -1.57. The topological polar surface area (TPSA) is 76.1 Å². The van der Waals surface area contributed by atoms with Crippen molar-refractivity contribution in [2.45, 2.75) is 49.7 Å². The lowest BCUT2D eigenvalue weighted by Crippen LogP contribution is -2.64. The van der Waals surface area contributed by atoms with Gasteiger partial charge in [0.2, 0.25) is 0 Å². The molecule has 2 fully saturated rings. The molecule has 12 heteroatoms. The second kappa shape index (κ2) is 11.2. The van der Waals surface area contributed by atoms with Crippen LogP contribution in [0.3, 0.4) is 0 Å². The van der Waals surface area contributed by atoms with Crippen molar-refractivity contribution in [1.82, 2.24) is 14.7 Å². The van der Waals surface area contributed by atoms with Gasteiger partial charge in [-0.15, -0.1) is 0 Å². The second-order valence-electron chi connectivity index (χ2n) is 10.4. The number of alkyl halides is 3. The summed E-state index contributed by atoms with van der Waals surface area (Å²) >= 11 is 12.2. The van der Waals surface area contributed by atoms with Crippen LogP contribution in [-0.2, 0) is 10.4 Å². The van der Waals surface area contributed by atoms with Gasteiger partial charge in [0, 0.05) is 62.1 Å². The van der Waals surface area contributed by atoms with Crippen LogP contribution >= 0.6 is 23.2 Å². The number of benzene rings is 2. The Morgan fingerprint density at radius 3 is 2.36 bits per heavy atom. The summed E-state index contributed by atoms with van der Waals surface area (Å²) in [5.41, 5.74) is -3.07. The van der Waals surface area contributed by atoms with E-state index in [4.69, 9.17) is 23.2 Å². The van der Waals surface area contributed by atoms with Crippen LogP contribution in [-0.4, -0.2) is 89.7 Å². The summed E-state index contributed by atoms with van der Waals surface area (Å²) in [6.45, 7) is 3.23. The molecular weight excluding hydrogens is 556 g/mol. The maximum Gasteiger partial charge on any atom is 0.430 e. The summed E-state index contributed by atoms with van der Waals surface area (Å²) in [6, 6.07) is 9.62. The van der Waals surface area contributed by atoms with E-state index in [9.17, 15) is 27.9 Å². The zero-order valence-electron chi connectivity index (χ0n) is 21.8. The molecule has 0 radical (unpaired) electrons. The predicted octanol–water partition coefficient (Wildman–Crippen LogP) is 4.62. The molecule has 0 aromatic heterocycles. The molecular formula is C27H31Cl2F3N4O3. The largest absolute Gasteiger partial charge is 0.430 e. The molecule has 212 valence electrons. The first-order valence-corrected chi connectivity index (χ1v) is 13.4. The van der Waals surface area contributed by atoms with E-state index in [1.807, 2.05) is 0 Å². The van der Waals surface area contributed by atoms with Crippen molar-refractivity contribution in [3.63, 3.8) is 0 Å². The standard InChI is InChI=1S/C27H31Cl2F3N4O3/c1-16-11-21(35-14-20(15-35)33-19-7-8-22(23(29)13-19)24(37)34(2)3)9-10-36(16)25(38)26(39,27(30,31)32)17-5-4-6-18(28)12-17/h4-8,12-13,16,20-21,33,39H,9-11,14-15H2,1-3H3. The highest BCUT2D eigenvalue weighted by molar-refractivity contribution is 6.34. The zero-order chi connectivity index (χ0) is 28.7. The van der Waals surface area contributed by atoms with E-state index in [-0.39, 0.29) is 29.6 Å². The monoisotopic (exact) mass is 586 g/mol. The number of likely N-dealkylation sites (tertiary alicyclic amines) is 2. The van der Waals surface area contributed by atoms with Crippen molar-refractivity contribution in [2.75, 3.05) is 39.0 Å². The van der Waals surface area contributed by atoms with Crippen molar-refractivity contribution >= 4 is 40.7 Å². The Morgan fingerprint density at radius 2 is 1.79 bits per heavy atom. The quantitative estimate of drug-likeness (QED) is 0.516. The van der Waals surface area contributed by atoms with E-state index in [0.29, 0.717) is 23.4 Å².